The molecule has 0 fully saturated rings. The third-order valence-corrected chi connectivity index (χ3v) is 6.71. The molecule has 0 radical (unpaired) electrons. The number of rotatable bonds is 8. The molecule has 0 unspecified atom stereocenters. The Morgan fingerprint density at radius 3 is 2.64 bits per heavy atom. The largest absolute Gasteiger partial charge is 0.447 e. The molecule has 9 heteroatoms. The standard InChI is InChI=1S/C30H30FN5O3/c1-3-9-35(10-4-2)29(37)22-14-24-25(31)15-21(16-26(24)34-27(32)17-22)19-5-6-23-20(13-19)7-11-36(30(23)38)18-28-33-8-12-39-28/h5-8,11-16H,3-4,9-10,17-18H2,1-2H3,(H2,32,34). The van der Waals surface area contributed by atoms with Gasteiger partial charge in [-0.15, -0.1) is 0 Å². The van der Waals surface area contributed by atoms with Gasteiger partial charge in [-0.25, -0.2) is 14.4 Å². The maximum atomic E-state index is 15.5. The molecule has 0 aliphatic carbocycles. The third-order valence-electron chi connectivity index (χ3n) is 6.71. The number of carbonyl (C=O) groups is 1. The van der Waals surface area contributed by atoms with Gasteiger partial charge in [0.15, 0.2) is 0 Å². The lowest BCUT2D eigenvalue weighted by molar-refractivity contribution is -0.127. The lowest BCUT2D eigenvalue weighted by Gasteiger charge is -2.22. The van der Waals surface area contributed by atoms with Gasteiger partial charge in [0.05, 0.1) is 11.9 Å². The molecule has 4 aromatic rings. The molecule has 1 amide bonds. The molecule has 5 rings (SSSR count). The van der Waals surface area contributed by atoms with E-state index in [0.29, 0.717) is 41.2 Å². The average Bonchev–Trinajstić information content (AvgIpc) is 3.37. The fraction of sp³-hybridized carbons (Fsp3) is 0.267. The van der Waals surface area contributed by atoms with Gasteiger partial charge in [-0.1, -0.05) is 19.9 Å². The lowest BCUT2D eigenvalue weighted by atomic mass is 9.98. The Morgan fingerprint density at radius 1 is 1.13 bits per heavy atom. The zero-order valence-electron chi connectivity index (χ0n) is 22.0. The van der Waals surface area contributed by atoms with E-state index >= 15 is 4.39 Å². The van der Waals surface area contributed by atoms with E-state index in [0.717, 1.165) is 23.8 Å². The van der Waals surface area contributed by atoms with Crippen molar-refractivity contribution in [3.05, 3.63) is 88.3 Å². The molecule has 0 saturated heterocycles. The highest BCUT2D eigenvalue weighted by Crippen LogP contribution is 2.35. The van der Waals surface area contributed by atoms with E-state index in [1.165, 1.54) is 23.1 Å². The number of oxazole rings is 1. The SMILES string of the molecule is CCCN(CCC)C(=O)C1=Cc2c(F)cc(-c3ccc4c(=O)n(Cc5ncco5)ccc4c3)cc2N=C(N)C1. The van der Waals surface area contributed by atoms with Crippen molar-refractivity contribution in [1.29, 1.82) is 0 Å². The van der Waals surface area contributed by atoms with Crippen molar-refractivity contribution in [2.24, 2.45) is 10.7 Å². The summed E-state index contributed by atoms with van der Waals surface area (Å²) in [7, 11) is 0. The molecular weight excluding hydrogens is 497 g/mol. The van der Waals surface area contributed by atoms with E-state index in [1.807, 2.05) is 26.0 Å². The van der Waals surface area contributed by atoms with E-state index in [9.17, 15) is 9.59 Å². The number of amides is 1. The average molecular weight is 528 g/mol. The molecule has 2 N–H and O–H groups in total. The first-order valence-corrected chi connectivity index (χ1v) is 13.1. The number of halogens is 1. The minimum atomic E-state index is -0.495. The summed E-state index contributed by atoms with van der Waals surface area (Å²) in [5, 5.41) is 1.25. The quantitative estimate of drug-likeness (QED) is 0.336. The maximum absolute atomic E-state index is 15.5. The summed E-state index contributed by atoms with van der Waals surface area (Å²) in [6, 6.07) is 10.4. The molecule has 39 heavy (non-hydrogen) atoms. The Balaban J connectivity index is 1.50. The van der Waals surface area contributed by atoms with E-state index in [4.69, 9.17) is 10.2 Å². The van der Waals surface area contributed by atoms with E-state index in [1.54, 1.807) is 35.4 Å². The minimum absolute atomic E-state index is 0.142. The van der Waals surface area contributed by atoms with Gasteiger partial charge >= 0.3 is 0 Å². The second kappa shape index (κ2) is 11.1. The van der Waals surface area contributed by atoms with E-state index in [2.05, 4.69) is 9.98 Å². The highest BCUT2D eigenvalue weighted by atomic mass is 19.1. The van der Waals surface area contributed by atoms with Crippen LogP contribution in [0.3, 0.4) is 0 Å². The van der Waals surface area contributed by atoms with Crippen LogP contribution in [0.4, 0.5) is 10.1 Å². The van der Waals surface area contributed by atoms with Crippen molar-refractivity contribution >= 4 is 34.3 Å². The van der Waals surface area contributed by atoms with Crippen LogP contribution in [0.15, 0.2) is 74.8 Å². The third kappa shape index (κ3) is 5.38. The predicted molar refractivity (Wildman–Crippen MR) is 150 cm³/mol. The number of aliphatic imine (C=N–C) groups is 1. The van der Waals surface area contributed by atoms with Crippen LogP contribution in [0, 0.1) is 5.82 Å². The number of amidine groups is 1. The van der Waals surface area contributed by atoms with Crippen LogP contribution in [0.2, 0.25) is 0 Å². The van der Waals surface area contributed by atoms with Gasteiger partial charge in [0.1, 0.15) is 24.5 Å². The Hall–Kier alpha value is -4.53. The van der Waals surface area contributed by atoms with Crippen LogP contribution in [0.25, 0.3) is 28.0 Å². The van der Waals surface area contributed by atoms with Crippen LogP contribution < -0.4 is 11.3 Å². The molecule has 0 saturated carbocycles. The summed E-state index contributed by atoms with van der Waals surface area (Å²) in [5.41, 5.74) is 8.36. The zero-order chi connectivity index (χ0) is 27.5. The topological polar surface area (TPSA) is 107 Å². The van der Waals surface area contributed by atoms with Gasteiger partial charge in [-0.3, -0.25) is 9.59 Å². The normalized spacial score (nSPS) is 13.0. The number of carbonyl (C=O) groups excluding carboxylic acids is 1. The zero-order valence-corrected chi connectivity index (χ0v) is 22.0. The van der Waals surface area contributed by atoms with Gasteiger partial charge < -0.3 is 19.6 Å². The number of hydrogen-bond acceptors (Lipinski definition) is 6. The first-order valence-electron chi connectivity index (χ1n) is 13.1. The molecule has 1 aliphatic heterocycles. The monoisotopic (exact) mass is 527 g/mol. The van der Waals surface area contributed by atoms with E-state index < -0.39 is 5.82 Å². The molecule has 0 spiro atoms. The predicted octanol–water partition coefficient (Wildman–Crippen LogP) is 5.27. The van der Waals surface area contributed by atoms with Crippen LogP contribution in [0.1, 0.15) is 44.6 Å². The number of hydrogen-bond donors (Lipinski definition) is 1. The van der Waals surface area contributed by atoms with Crippen LogP contribution in [0.5, 0.6) is 0 Å². The lowest BCUT2D eigenvalue weighted by Crippen LogP contribution is -2.34. The van der Waals surface area contributed by atoms with Crippen molar-refractivity contribution in [3.8, 4) is 11.1 Å². The maximum Gasteiger partial charge on any atom is 0.258 e. The minimum Gasteiger partial charge on any atom is -0.447 e. The molecule has 200 valence electrons. The molecular formula is C30H30FN5O3. The van der Waals surface area contributed by atoms with Gasteiger partial charge in [0.25, 0.3) is 5.56 Å². The van der Waals surface area contributed by atoms with Gasteiger partial charge in [0, 0.05) is 42.2 Å². The van der Waals surface area contributed by atoms with Crippen molar-refractivity contribution in [3.63, 3.8) is 0 Å². The number of pyridine rings is 1. The highest BCUT2D eigenvalue weighted by molar-refractivity contribution is 6.05. The first-order chi connectivity index (χ1) is 18.9. The molecule has 2 aromatic heterocycles. The number of nitrogens with two attached hydrogens (primary N) is 1. The number of benzene rings is 2. The fourth-order valence-electron chi connectivity index (χ4n) is 4.88. The van der Waals surface area contributed by atoms with Gasteiger partial charge in [-0.2, -0.15) is 0 Å². The smallest absolute Gasteiger partial charge is 0.258 e. The summed E-state index contributed by atoms with van der Waals surface area (Å²) < 4.78 is 22.3. The molecule has 0 atom stereocenters. The molecule has 1 aliphatic rings. The Bertz CT molecular complexity index is 1650. The molecule has 2 aromatic carbocycles. The summed E-state index contributed by atoms with van der Waals surface area (Å²) in [4.78, 5) is 36.6. The number of aromatic nitrogens is 2. The summed E-state index contributed by atoms with van der Waals surface area (Å²) in [6.45, 7) is 5.52. The van der Waals surface area contributed by atoms with Crippen molar-refractivity contribution in [2.45, 2.75) is 39.7 Å². The van der Waals surface area contributed by atoms with Gasteiger partial charge in [-0.05, 0) is 65.8 Å². The summed E-state index contributed by atoms with van der Waals surface area (Å²) in [6.07, 6.45) is 8.08. The van der Waals surface area contributed by atoms with Crippen molar-refractivity contribution in [2.75, 3.05) is 13.1 Å². The number of nitrogens with zero attached hydrogens (tertiary/aromatic N) is 4. The second-order valence-corrected chi connectivity index (χ2v) is 9.61. The Morgan fingerprint density at radius 2 is 1.92 bits per heavy atom. The molecule has 8 nitrogen and oxygen atoms in total. The van der Waals surface area contributed by atoms with Crippen molar-refractivity contribution in [1.82, 2.24) is 14.5 Å². The molecule has 0 bridgehead atoms. The Labute approximate surface area is 225 Å². The number of fused-ring (bicyclic) bond motifs is 2. The fourth-order valence-corrected chi connectivity index (χ4v) is 4.88. The Kier molecular flexibility index (Phi) is 7.40. The van der Waals surface area contributed by atoms with Crippen LogP contribution in [-0.4, -0.2) is 39.3 Å². The van der Waals surface area contributed by atoms with Crippen LogP contribution in [-0.2, 0) is 11.3 Å². The summed E-state index contributed by atoms with van der Waals surface area (Å²) in [5.74, 6) is 0.0556. The highest BCUT2D eigenvalue weighted by Gasteiger charge is 2.23. The van der Waals surface area contributed by atoms with Crippen LogP contribution >= 0.6 is 0 Å². The summed E-state index contributed by atoms with van der Waals surface area (Å²) >= 11 is 0. The van der Waals surface area contributed by atoms with Crippen molar-refractivity contribution < 1.29 is 13.6 Å². The second-order valence-electron chi connectivity index (χ2n) is 9.61. The molecule has 3 heterocycles. The van der Waals surface area contributed by atoms with E-state index in [-0.39, 0.29) is 35.8 Å². The first kappa shape index (κ1) is 26.1. The van der Waals surface area contributed by atoms with Gasteiger partial charge in [0.2, 0.25) is 11.8 Å².